The monoisotopic (exact) mass is 564 g/mol. The minimum Gasteiger partial charge on any atom is -0.493 e. The molecule has 2 amide bonds. The van der Waals surface area contributed by atoms with E-state index in [1.54, 1.807) is 34.2 Å². The highest BCUT2D eigenvalue weighted by atomic mass is 19.1. The number of halogens is 2. The highest BCUT2D eigenvalue weighted by molar-refractivity contribution is 6.06. The van der Waals surface area contributed by atoms with Gasteiger partial charge in [-0.1, -0.05) is 13.8 Å². The van der Waals surface area contributed by atoms with E-state index < -0.39 is 5.82 Å². The number of ether oxygens (including phenoxy) is 1. The van der Waals surface area contributed by atoms with Gasteiger partial charge in [-0.05, 0) is 92.0 Å². The van der Waals surface area contributed by atoms with E-state index in [9.17, 15) is 18.4 Å². The van der Waals surface area contributed by atoms with E-state index in [0.29, 0.717) is 41.6 Å². The minimum absolute atomic E-state index is 0.107. The Bertz CT molecular complexity index is 1290. The van der Waals surface area contributed by atoms with Crippen LogP contribution in [-0.2, 0) is 11.3 Å². The van der Waals surface area contributed by atoms with Gasteiger partial charge in [-0.3, -0.25) is 14.6 Å². The third kappa shape index (κ3) is 8.82. The molecule has 1 aliphatic rings. The van der Waals surface area contributed by atoms with E-state index in [2.05, 4.69) is 23.7 Å². The molecule has 7 nitrogen and oxygen atoms in total. The first kappa shape index (κ1) is 30.1. The molecule has 0 fully saturated rings. The lowest BCUT2D eigenvalue weighted by molar-refractivity contribution is -0.132. The summed E-state index contributed by atoms with van der Waals surface area (Å²) >= 11 is 0. The summed E-state index contributed by atoms with van der Waals surface area (Å²) in [7, 11) is 0. The zero-order valence-electron chi connectivity index (χ0n) is 23.8. The Morgan fingerprint density at radius 3 is 2.39 bits per heavy atom. The molecule has 1 aliphatic heterocycles. The van der Waals surface area contributed by atoms with Gasteiger partial charge in [-0.15, -0.1) is 0 Å². The molecule has 0 saturated carbocycles. The average molecular weight is 565 g/mol. The molecule has 0 atom stereocenters. The first-order valence-corrected chi connectivity index (χ1v) is 14.2. The van der Waals surface area contributed by atoms with Crippen LogP contribution >= 0.6 is 0 Å². The number of anilines is 1. The zero-order valence-corrected chi connectivity index (χ0v) is 23.8. The topological polar surface area (TPSA) is 66.0 Å². The summed E-state index contributed by atoms with van der Waals surface area (Å²) in [6.45, 7) is 8.08. The van der Waals surface area contributed by atoms with Crippen LogP contribution in [0.15, 0.2) is 67.0 Å². The molecular weight excluding hydrogens is 526 g/mol. The fourth-order valence-electron chi connectivity index (χ4n) is 5.11. The summed E-state index contributed by atoms with van der Waals surface area (Å²) in [4.78, 5) is 37.0. The molecule has 0 aliphatic carbocycles. The van der Waals surface area contributed by atoms with Gasteiger partial charge in [0.05, 0.1) is 18.6 Å². The van der Waals surface area contributed by atoms with Crippen LogP contribution in [0.2, 0.25) is 0 Å². The molecule has 218 valence electrons. The summed E-state index contributed by atoms with van der Waals surface area (Å²) in [5.74, 6) is -0.194. The highest BCUT2D eigenvalue weighted by Crippen LogP contribution is 2.27. The third-order valence-corrected chi connectivity index (χ3v) is 6.98. The van der Waals surface area contributed by atoms with Crippen LogP contribution < -0.4 is 9.64 Å². The van der Waals surface area contributed by atoms with Gasteiger partial charge in [0.2, 0.25) is 5.91 Å². The van der Waals surface area contributed by atoms with Crippen LogP contribution in [-0.4, -0.2) is 65.9 Å². The van der Waals surface area contributed by atoms with Gasteiger partial charge < -0.3 is 19.4 Å². The van der Waals surface area contributed by atoms with Gasteiger partial charge in [-0.25, -0.2) is 8.78 Å². The lowest BCUT2D eigenvalue weighted by atomic mass is 10.1. The Hall–Kier alpha value is -3.85. The number of rotatable bonds is 7. The first-order valence-electron chi connectivity index (χ1n) is 14.2. The van der Waals surface area contributed by atoms with E-state index >= 15 is 0 Å². The van der Waals surface area contributed by atoms with Crippen molar-refractivity contribution in [1.29, 1.82) is 0 Å². The molecule has 2 heterocycles. The third-order valence-electron chi connectivity index (χ3n) is 6.98. The van der Waals surface area contributed by atoms with Crippen LogP contribution in [0.5, 0.6) is 5.75 Å². The van der Waals surface area contributed by atoms with Gasteiger partial charge in [0.15, 0.2) is 0 Å². The molecule has 0 unspecified atom stereocenters. The van der Waals surface area contributed by atoms with Crippen molar-refractivity contribution in [3.8, 4) is 5.75 Å². The van der Waals surface area contributed by atoms with E-state index in [0.717, 1.165) is 32.5 Å². The van der Waals surface area contributed by atoms with Gasteiger partial charge in [0.1, 0.15) is 17.4 Å². The van der Waals surface area contributed by atoms with Crippen LogP contribution in [0.4, 0.5) is 14.5 Å². The Kier molecular flexibility index (Phi) is 10.8. The Morgan fingerprint density at radius 1 is 0.951 bits per heavy atom. The highest BCUT2D eigenvalue weighted by Gasteiger charge is 2.24. The van der Waals surface area contributed by atoms with Crippen LogP contribution in [0.25, 0.3) is 0 Å². The molecule has 9 heteroatoms. The van der Waals surface area contributed by atoms with Crippen molar-refractivity contribution in [2.24, 2.45) is 5.92 Å². The standard InChI is InChI=1S/C32H38F2N4O3/c1-24(2)22-36-15-4-17-37(31(39)13-19-41-29-10-7-27(33)8-11-29)23-26-20-28(34)9-12-30(26)38(18-5-16-36)32(40)25-6-3-14-35-21-25/h3,6-12,14,20-21,24H,4-5,13,15-19,22-23H2,1-2H3. The molecule has 0 radical (unpaired) electrons. The maximum absolute atomic E-state index is 14.6. The Morgan fingerprint density at radius 2 is 1.68 bits per heavy atom. The van der Waals surface area contributed by atoms with Crippen molar-refractivity contribution >= 4 is 17.5 Å². The van der Waals surface area contributed by atoms with E-state index in [1.807, 2.05) is 0 Å². The second-order valence-corrected chi connectivity index (χ2v) is 10.7. The summed E-state index contributed by atoms with van der Waals surface area (Å²) in [5, 5.41) is 0. The Balaban J connectivity index is 1.60. The smallest absolute Gasteiger partial charge is 0.259 e. The number of nitrogens with zero attached hydrogens (tertiary/aromatic N) is 4. The van der Waals surface area contributed by atoms with Gasteiger partial charge >= 0.3 is 0 Å². The lowest BCUT2D eigenvalue weighted by Crippen LogP contribution is -2.40. The fraction of sp³-hybridized carbons (Fsp3) is 0.406. The predicted octanol–water partition coefficient (Wildman–Crippen LogP) is 5.56. The van der Waals surface area contributed by atoms with E-state index in [-0.39, 0.29) is 37.2 Å². The molecule has 0 spiro atoms. The number of hydrogen-bond donors (Lipinski definition) is 0. The largest absolute Gasteiger partial charge is 0.493 e. The number of carbonyl (C=O) groups excluding carboxylic acids is 2. The summed E-state index contributed by atoms with van der Waals surface area (Å²) < 4.78 is 33.4. The van der Waals surface area contributed by atoms with Crippen molar-refractivity contribution in [2.45, 2.75) is 39.7 Å². The number of carbonyl (C=O) groups is 2. The number of aromatic nitrogens is 1. The average Bonchev–Trinajstić information content (AvgIpc) is 2.95. The normalized spacial score (nSPS) is 15.1. The van der Waals surface area contributed by atoms with Crippen LogP contribution in [0.1, 0.15) is 49.0 Å². The SMILES string of the molecule is CC(C)CN1CCCN(C(=O)CCOc2ccc(F)cc2)Cc2cc(F)ccc2N(C(=O)c2cccnc2)CCC1. The molecule has 0 saturated heterocycles. The fourth-order valence-corrected chi connectivity index (χ4v) is 5.11. The Labute approximate surface area is 240 Å². The quantitative estimate of drug-likeness (QED) is 0.376. The van der Waals surface area contributed by atoms with Crippen molar-refractivity contribution in [3.05, 3.63) is 89.8 Å². The number of benzene rings is 2. The van der Waals surface area contributed by atoms with E-state index in [1.165, 1.54) is 42.6 Å². The molecule has 2 aromatic carbocycles. The summed E-state index contributed by atoms with van der Waals surface area (Å²) in [6, 6.07) is 13.5. The molecule has 1 aromatic heterocycles. The van der Waals surface area contributed by atoms with Gasteiger partial charge in [-0.2, -0.15) is 0 Å². The zero-order chi connectivity index (χ0) is 29.2. The lowest BCUT2D eigenvalue weighted by Gasteiger charge is -2.32. The van der Waals surface area contributed by atoms with Crippen molar-refractivity contribution < 1.29 is 23.1 Å². The van der Waals surface area contributed by atoms with Crippen molar-refractivity contribution in [2.75, 3.05) is 44.2 Å². The number of fused-ring (bicyclic) bond motifs is 1. The van der Waals surface area contributed by atoms with Crippen LogP contribution in [0.3, 0.4) is 0 Å². The molecule has 41 heavy (non-hydrogen) atoms. The maximum atomic E-state index is 14.6. The van der Waals surface area contributed by atoms with Gasteiger partial charge in [0, 0.05) is 44.3 Å². The second-order valence-electron chi connectivity index (χ2n) is 10.7. The van der Waals surface area contributed by atoms with Crippen molar-refractivity contribution in [3.63, 3.8) is 0 Å². The molecule has 3 aromatic rings. The minimum atomic E-state index is -0.431. The number of amides is 2. The molecular formula is C32H38F2N4O3. The number of hydrogen-bond acceptors (Lipinski definition) is 5. The maximum Gasteiger partial charge on any atom is 0.259 e. The van der Waals surface area contributed by atoms with Gasteiger partial charge in [0.25, 0.3) is 5.91 Å². The predicted molar refractivity (Wildman–Crippen MR) is 155 cm³/mol. The molecule has 0 bridgehead atoms. The molecule has 4 rings (SSSR count). The van der Waals surface area contributed by atoms with E-state index in [4.69, 9.17) is 4.74 Å². The summed E-state index contributed by atoms with van der Waals surface area (Å²) in [6.07, 6.45) is 4.77. The number of pyridine rings is 1. The summed E-state index contributed by atoms with van der Waals surface area (Å²) in [5.41, 5.74) is 1.59. The second kappa shape index (κ2) is 14.7. The first-order chi connectivity index (χ1) is 19.8. The van der Waals surface area contributed by atoms with Crippen molar-refractivity contribution in [1.82, 2.24) is 14.8 Å². The van der Waals surface area contributed by atoms with Crippen LogP contribution in [0, 0.1) is 17.6 Å². The molecule has 0 N–H and O–H groups in total.